The normalized spacial score (nSPS) is 21.0. The third-order valence-corrected chi connectivity index (χ3v) is 7.03. The van der Waals surface area contributed by atoms with Crippen LogP contribution >= 0.6 is 11.3 Å². The summed E-state index contributed by atoms with van der Waals surface area (Å²) in [7, 11) is 0. The Morgan fingerprint density at radius 2 is 2.03 bits per heavy atom. The Balaban J connectivity index is 1.43. The van der Waals surface area contributed by atoms with Gasteiger partial charge in [-0.05, 0) is 48.3 Å². The zero-order chi connectivity index (χ0) is 20.3. The van der Waals surface area contributed by atoms with E-state index in [1.165, 1.54) is 10.4 Å². The average molecular weight is 413 g/mol. The summed E-state index contributed by atoms with van der Waals surface area (Å²) in [5, 5.41) is 5.25. The predicted octanol–water partition coefficient (Wildman–Crippen LogP) is 4.81. The van der Waals surface area contributed by atoms with E-state index in [2.05, 4.69) is 59.8 Å². The van der Waals surface area contributed by atoms with Gasteiger partial charge in [0.15, 0.2) is 0 Å². The van der Waals surface area contributed by atoms with Crippen LogP contribution in [-0.4, -0.2) is 36.0 Å². The molecule has 1 fully saturated rings. The molecule has 2 aliphatic heterocycles. The number of thiophene rings is 1. The molecule has 29 heavy (non-hydrogen) atoms. The number of carbonyl (C=O) groups excluding carboxylic acids is 1. The van der Waals surface area contributed by atoms with Crippen LogP contribution in [0.2, 0.25) is 0 Å². The number of ether oxygens (including phenoxy) is 1. The molecule has 4 rings (SSSR count). The van der Waals surface area contributed by atoms with Gasteiger partial charge in [-0.2, -0.15) is 0 Å². The molecule has 1 N–H and O–H groups in total. The van der Waals surface area contributed by atoms with Crippen LogP contribution in [0.25, 0.3) is 0 Å². The first-order chi connectivity index (χ1) is 14.0. The molecule has 5 heteroatoms. The maximum Gasteiger partial charge on any atom is 0.220 e. The van der Waals surface area contributed by atoms with Crippen LogP contribution in [0.4, 0.5) is 0 Å². The zero-order valence-electron chi connectivity index (χ0n) is 17.5. The van der Waals surface area contributed by atoms with Gasteiger partial charge in [0.1, 0.15) is 11.4 Å². The van der Waals surface area contributed by atoms with E-state index in [4.69, 9.17) is 4.74 Å². The third kappa shape index (κ3) is 5.01. The maximum absolute atomic E-state index is 12.6. The number of nitrogens with one attached hydrogen (secondary N) is 1. The zero-order valence-corrected chi connectivity index (χ0v) is 18.3. The highest BCUT2D eigenvalue weighted by molar-refractivity contribution is 7.09. The van der Waals surface area contributed by atoms with E-state index >= 15 is 0 Å². The van der Waals surface area contributed by atoms with E-state index in [-0.39, 0.29) is 17.4 Å². The van der Waals surface area contributed by atoms with Crippen molar-refractivity contribution in [3.63, 3.8) is 0 Å². The number of para-hydroxylation sites is 1. The molecular formula is C24H32N2O2S. The molecule has 1 saturated heterocycles. The van der Waals surface area contributed by atoms with Gasteiger partial charge in [0.2, 0.25) is 5.91 Å². The summed E-state index contributed by atoms with van der Waals surface area (Å²) >= 11 is 1.83. The summed E-state index contributed by atoms with van der Waals surface area (Å²) in [4.78, 5) is 16.5. The molecule has 1 aromatic heterocycles. The van der Waals surface area contributed by atoms with Gasteiger partial charge in [0, 0.05) is 43.4 Å². The lowest BCUT2D eigenvalue weighted by Gasteiger charge is -2.47. The topological polar surface area (TPSA) is 41.6 Å². The fourth-order valence-corrected chi connectivity index (χ4v) is 5.33. The lowest BCUT2D eigenvalue weighted by Crippen LogP contribution is -2.50. The average Bonchev–Trinajstić information content (AvgIpc) is 3.21. The van der Waals surface area contributed by atoms with Crippen LogP contribution in [0.5, 0.6) is 5.75 Å². The number of hydrogen-bond acceptors (Lipinski definition) is 4. The third-order valence-electron chi connectivity index (χ3n) is 6.17. The summed E-state index contributed by atoms with van der Waals surface area (Å²) in [6, 6.07) is 12.7. The van der Waals surface area contributed by atoms with Gasteiger partial charge in [-0.3, -0.25) is 9.69 Å². The van der Waals surface area contributed by atoms with Gasteiger partial charge in [0.05, 0.1) is 0 Å². The highest BCUT2D eigenvalue weighted by atomic mass is 32.1. The molecule has 1 aromatic carbocycles. The van der Waals surface area contributed by atoms with E-state index in [0.29, 0.717) is 12.3 Å². The van der Waals surface area contributed by atoms with Crippen molar-refractivity contribution in [2.75, 3.05) is 19.6 Å². The highest BCUT2D eigenvalue weighted by Gasteiger charge is 2.43. The Kier molecular flexibility index (Phi) is 6.26. The molecule has 0 saturated carbocycles. The molecule has 0 aliphatic carbocycles. The number of benzene rings is 1. The van der Waals surface area contributed by atoms with Crippen molar-refractivity contribution in [2.24, 2.45) is 5.92 Å². The highest BCUT2D eigenvalue weighted by Crippen LogP contribution is 2.46. The first-order valence-corrected chi connectivity index (χ1v) is 11.7. The molecule has 0 unspecified atom stereocenters. The Morgan fingerprint density at radius 1 is 1.24 bits per heavy atom. The van der Waals surface area contributed by atoms with Crippen LogP contribution < -0.4 is 10.1 Å². The first kappa shape index (κ1) is 20.4. The van der Waals surface area contributed by atoms with Crippen LogP contribution in [0.15, 0.2) is 41.8 Å². The van der Waals surface area contributed by atoms with E-state index in [9.17, 15) is 4.79 Å². The number of hydrogen-bond donors (Lipinski definition) is 1. The predicted molar refractivity (Wildman–Crippen MR) is 118 cm³/mol. The molecule has 0 radical (unpaired) electrons. The Bertz CT molecular complexity index is 810. The smallest absolute Gasteiger partial charge is 0.220 e. The van der Waals surface area contributed by atoms with Crippen molar-refractivity contribution >= 4 is 17.2 Å². The van der Waals surface area contributed by atoms with Crippen molar-refractivity contribution in [1.29, 1.82) is 0 Å². The molecule has 2 aromatic rings. The second kappa shape index (κ2) is 8.88. The molecule has 156 valence electrons. The Labute approximate surface area is 178 Å². The van der Waals surface area contributed by atoms with Crippen LogP contribution in [0, 0.1) is 5.92 Å². The van der Waals surface area contributed by atoms with Gasteiger partial charge in [0.25, 0.3) is 0 Å². The maximum atomic E-state index is 12.6. The van der Waals surface area contributed by atoms with Gasteiger partial charge in [-0.1, -0.05) is 38.1 Å². The largest absolute Gasteiger partial charge is 0.487 e. The SMILES string of the molecule is CC(C)CNC(=O)C[C@@H]1CC2(CCN(Cc3cccs3)CC2)Oc2ccccc21. The molecule has 1 atom stereocenters. The molecular weight excluding hydrogens is 380 g/mol. The number of rotatable bonds is 6. The quantitative estimate of drug-likeness (QED) is 0.740. The minimum absolute atomic E-state index is 0.136. The summed E-state index contributed by atoms with van der Waals surface area (Å²) in [5.41, 5.74) is 1.06. The number of likely N-dealkylation sites (tertiary alicyclic amines) is 1. The van der Waals surface area contributed by atoms with Gasteiger partial charge >= 0.3 is 0 Å². The second-order valence-corrected chi connectivity index (χ2v) is 10.0. The minimum Gasteiger partial charge on any atom is -0.487 e. The van der Waals surface area contributed by atoms with Gasteiger partial charge in [-0.15, -0.1) is 11.3 Å². The number of nitrogens with zero attached hydrogens (tertiary/aromatic N) is 1. The fraction of sp³-hybridized carbons (Fsp3) is 0.542. The van der Waals surface area contributed by atoms with Gasteiger partial charge < -0.3 is 10.1 Å². The molecule has 2 aliphatic rings. The first-order valence-electron chi connectivity index (χ1n) is 10.8. The summed E-state index contributed by atoms with van der Waals surface area (Å²) < 4.78 is 6.60. The second-order valence-electron chi connectivity index (χ2n) is 8.98. The molecule has 1 amide bonds. The Morgan fingerprint density at radius 3 is 2.76 bits per heavy atom. The van der Waals surface area contributed by atoms with Crippen LogP contribution in [0.1, 0.15) is 55.9 Å². The summed E-state index contributed by atoms with van der Waals surface area (Å²) in [6.45, 7) is 8.13. The van der Waals surface area contributed by atoms with Crippen LogP contribution in [0.3, 0.4) is 0 Å². The van der Waals surface area contributed by atoms with Crippen molar-refractivity contribution in [1.82, 2.24) is 10.2 Å². The van der Waals surface area contributed by atoms with Crippen LogP contribution in [-0.2, 0) is 11.3 Å². The molecule has 3 heterocycles. The Hall–Kier alpha value is -1.85. The number of piperidine rings is 1. The molecule has 1 spiro atoms. The van der Waals surface area contributed by atoms with Crippen molar-refractivity contribution in [2.45, 2.75) is 57.6 Å². The monoisotopic (exact) mass is 412 g/mol. The number of carbonyl (C=O) groups is 1. The van der Waals surface area contributed by atoms with Crippen molar-refractivity contribution < 1.29 is 9.53 Å². The van der Waals surface area contributed by atoms with Crippen molar-refractivity contribution in [3.05, 3.63) is 52.2 Å². The van der Waals surface area contributed by atoms with E-state index in [1.807, 2.05) is 17.4 Å². The lowest BCUT2D eigenvalue weighted by molar-refractivity contribution is -0.122. The summed E-state index contributed by atoms with van der Waals surface area (Å²) in [6.07, 6.45) is 3.54. The van der Waals surface area contributed by atoms with Gasteiger partial charge in [-0.25, -0.2) is 0 Å². The number of amides is 1. The lowest BCUT2D eigenvalue weighted by atomic mass is 9.76. The van der Waals surface area contributed by atoms with E-state index in [0.717, 1.165) is 51.2 Å². The molecule has 4 nitrogen and oxygen atoms in total. The fourth-order valence-electron chi connectivity index (χ4n) is 4.59. The van der Waals surface area contributed by atoms with E-state index in [1.54, 1.807) is 0 Å². The molecule has 0 bridgehead atoms. The number of fused-ring (bicyclic) bond motifs is 1. The van der Waals surface area contributed by atoms with Crippen molar-refractivity contribution in [3.8, 4) is 5.75 Å². The minimum atomic E-state index is -0.136. The van der Waals surface area contributed by atoms with E-state index < -0.39 is 0 Å². The standard InChI is InChI=1S/C24H32N2O2S/c1-18(2)16-25-23(27)14-19-15-24(28-22-8-4-3-7-21(19)22)9-11-26(12-10-24)17-20-6-5-13-29-20/h3-8,13,18-19H,9-12,14-17H2,1-2H3,(H,25,27)/t19-/m1/s1. The summed E-state index contributed by atoms with van der Waals surface area (Å²) in [5.74, 6) is 1.84.